The summed E-state index contributed by atoms with van der Waals surface area (Å²) >= 11 is 6.03. The van der Waals surface area contributed by atoms with Gasteiger partial charge in [0, 0.05) is 5.02 Å². The molecule has 1 amide bonds. The van der Waals surface area contributed by atoms with Crippen LogP contribution in [0.5, 0.6) is 11.5 Å². The predicted octanol–water partition coefficient (Wildman–Crippen LogP) is 3.78. The zero-order valence-corrected chi connectivity index (χ0v) is 15.6. The summed E-state index contributed by atoms with van der Waals surface area (Å²) in [5, 5.41) is 12.2. The van der Waals surface area contributed by atoms with E-state index in [9.17, 15) is 9.59 Å². The van der Waals surface area contributed by atoms with Crippen LogP contribution in [0.2, 0.25) is 5.02 Å². The van der Waals surface area contributed by atoms with Crippen molar-refractivity contribution in [2.75, 3.05) is 18.9 Å². The number of aliphatic carboxylic acids is 1. The molecule has 1 atom stereocenters. The molecule has 0 heterocycles. The van der Waals surface area contributed by atoms with Gasteiger partial charge >= 0.3 is 5.97 Å². The molecule has 0 aromatic heterocycles. The first-order valence-corrected chi connectivity index (χ1v) is 8.41. The Morgan fingerprint density at radius 2 is 1.88 bits per heavy atom. The second-order valence-electron chi connectivity index (χ2n) is 6.03. The van der Waals surface area contributed by atoms with Crippen molar-refractivity contribution in [2.45, 2.75) is 19.9 Å². The Labute approximate surface area is 157 Å². The minimum atomic E-state index is -0.994. The Kier molecular flexibility index (Phi) is 6.60. The molecule has 7 heteroatoms. The first kappa shape index (κ1) is 19.8. The topological polar surface area (TPSA) is 78.9 Å². The maximum Gasteiger partial charge on any atom is 0.320 e. The van der Waals surface area contributed by atoms with Gasteiger partial charge in [0.15, 0.2) is 5.75 Å². The van der Waals surface area contributed by atoms with E-state index in [1.165, 1.54) is 11.8 Å². The van der Waals surface area contributed by atoms with Crippen LogP contribution in [0.25, 0.3) is 0 Å². The molecule has 1 unspecified atom stereocenters. The Bertz CT molecular complexity index is 793. The molecule has 0 aliphatic carbocycles. The molecule has 0 fully saturated rings. The zero-order chi connectivity index (χ0) is 19.3. The number of halogens is 1. The molecule has 0 aliphatic heterocycles. The Morgan fingerprint density at radius 3 is 2.50 bits per heavy atom. The van der Waals surface area contributed by atoms with E-state index in [0.717, 1.165) is 5.56 Å². The van der Waals surface area contributed by atoms with E-state index in [-0.39, 0.29) is 12.5 Å². The summed E-state index contributed by atoms with van der Waals surface area (Å²) in [6.07, 6.45) is 0. The lowest BCUT2D eigenvalue weighted by Crippen LogP contribution is -2.40. The minimum Gasteiger partial charge on any atom is -0.480 e. The van der Waals surface area contributed by atoms with E-state index in [2.05, 4.69) is 5.32 Å². The van der Waals surface area contributed by atoms with E-state index in [0.29, 0.717) is 22.2 Å². The fraction of sp³-hybridized carbons (Fsp3) is 0.263. The van der Waals surface area contributed by atoms with Gasteiger partial charge in [0.2, 0.25) is 5.91 Å². The number of benzene rings is 2. The number of carboxylic acid groups (broad SMARTS) is 1. The first-order valence-electron chi connectivity index (χ1n) is 8.03. The molecule has 2 rings (SSSR count). The molecule has 0 saturated heterocycles. The van der Waals surface area contributed by atoms with Gasteiger partial charge < -0.3 is 15.2 Å². The fourth-order valence-electron chi connectivity index (χ4n) is 2.16. The molecule has 2 aromatic carbocycles. The number of rotatable bonds is 7. The van der Waals surface area contributed by atoms with Crippen molar-refractivity contribution in [1.82, 2.24) is 4.90 Å². The van der Waals surface area contributed by atoms with Crippen molar-refractivity contribution in [3.05, 3.63) is 53.1 Å². The monoisotopic (exact) mass is 376 g/mol. The van der Waals surface area contributed by atoms with E-state index in [1.807, 2.05) is 31.2 Å². The van der Waals surface area contributed by atoms with E-state index >= 15 is 0 Å². The number of nitrogens with one attached hydrogen (secondary N) is 1. The van der Waals surface area contributed by atoms with E-state index in [1.54, 1.807) is 25.2 Å². The van der Waals surface area contributed by atoms with Crippen LogP contribution in [0.4, 0.5) is 5.69 Å². The molecule has 0 bridgehead atoms. The summed E-state index contributed by atoms with van der Waals surface area (Å²) in [7, 11) is 1.57. The average Bonchev–Trinajstić information content (AvgIpc) is 2.58. The molecular formula is C19H21ClN2O4. The Morgan fingerprint density at radius 1 is 1.23 bits per heavy atom. The van der Waals surface area contributed by atoms with Crippen molar-refractivity contribution < 1.29 is 19.4 Å². The van der Waals surface area contributed by atoms with Gasteiger partial charge in [-0.25, -0.2) is 0 Å². The summed E-state index contributed by atoms with van der Waals surface area (Å²) < 4.78 is 5.83. The van der Waals surface area contributed by atoms with Gasteiger partial charge in [0.25, 0.3) is 0 Å². The standard InChI is InChI=1S/C19H21ClN2O4/c1-12-4-7-15(8-5-12)26-17-9-6-14(20)10-16(17)21-18(23)11-22(3)13(2)19(24)25/h4-10,13H,11H2,1-3H3,(H,21,23)(H,24,25). The molecule has 0 aliphatic rings. The maximum absolute atomic E-state index is 12.3. The SMILES string of the molecule is Cc1ccc(Oc2ccc(Cl)cc2NC(=O)CN(C)C(C)C(=O)O)cc1. The predicted molar refractivity (Wildman–Crippen MR) is 101 cm³/mol. The van der Waals surface area contributed by atoms with Crippen LogP contribution in [-0.4, -0.2) is 41.5 Å². The lowest BCUT2D eigenvalue weighted by atomic mass is 10.2. The van der Waals surface area contributed by atoms with Gasteiger partial charge in [0.1, 0.15) is 11.8 Å². The highest BCUT2D eigenvalue weighted by molar-refractivity contribution is 6.31. The number of carboxylic acids is 1. The van der Waals surface area contributed by atoms with Crippen LogP contribution < -0.4 is 10.1 Å². The molecule has 26 heavy (non-hydrogen) atoms. The van der Waals surface area contributed by atoms with Crippen molar-refractivity contribution in [3.63, 3.8) is 0 Å². The van der Waals surface area contributed by atoms with Gasteiger partial charge in [-0.15, -0.1) is 0 Å². The van der Waals surface area contributed by atoms with Crippen LogP contribution in [0, 0.1) is 6.92 Å². The molecule has 6 nitrogen and oxygen atoms in total. The van der Waals surface area contributed by atoms with Gasteiger partial charge in [-0.3, -0.25) is 14.5 Å². The molecule has 0 spiro atoms. The highest BCUT2D eigenvalue weighted by atomic mass is 35.5. The third kappa shape index (κ3) is 5.47. The second-order valence-corrected chi connectivity index (χ2v) is 6.47. The van der Waals surface area contributed by atoms with Crippen molar-refractivity contribution >= 4 is 29.2 Å². The van der Waals surface area contributed by atoms with Gasteiger partial charge in [-0.1, -0.05) is 29.3 Å². The number of anilines is 1. The third-order valence-electron chi connectivity index (χ3n) is 3.88. The summed E-state index contributed by atoms with van der Waals surface area (Å²) in [5.41, 5.74) is 1.53. The van der Waals surface area contributed by atoms with Crippen LogP contribution >= 0.6 is 11.6 Å². The summed E-state index contributed by atoms with van der Waals surface area (Å²) in [5.74, 6) is -0.284. The zero-order valence-electron chi connectivity index (χ0n) is 14.8. The number of hydrogen-bond donors (Lipinski definition) is 2. The number of carbonyl (C=O) groups is 2. The largest absolute Gasteiger partial charge is 0.480 e. The minimum absolute atomic E-state index is 0.0794. The van der Waals surface area contributed by atoms with Gasteiger partial charge in [0.05, 0.1) is 12.2 Å². The average molecular weight is 377 g/mol. The van der Waals surface area contributed by atoms with Crippen molar-refractivity contribution in [2.24, 2.45) is 0 Å². The quantitative estimate of drug-likeness (QED) is 0.768. The van der Waals surface area contributed by atoms with Gasteiger partial charge in [-0.2, -0.15) is 0 Å². The molecular weight excluding hydrogens is 356 g/mol. The molecule has 2 N–H and O–H groups in total. The molecule has 2 aromatic rings. The normalized spacial score (nSPS) is 11.9. The number of aryl methyl sites for hydroxylation is 1. The van der Waals surface area contributed by atoms with Crippen LogP contribution in [-0.2, 0) is 9.59 Å². The number of hydrogen-bond acceptors (Lipinski definition) is 4. The number of ether oxygens (including phenoxy) is 1. The molecule has 0 radical (unpaired) electrons. The number of nitrogens with zero attached hydrogens (tertiary/aromatic N) is 1. The number of amides is 1. The first-order chi connectivity index (χ1) is 12.3. The summed E-state index contributed by atoms with van der Waals surface area (Å²) in [4.78, 5) is 24.7. The van der Waals surface area contributed by atoms with Crippen LogP contribution in [0.1, 0.15) is 12.5 Å². The molecule has 0 saturated carbocycles. The summed E-state index contributed by atoms with van der Waals surface area (Å²) in [6.45, 7) is 3.41. The number of carbonyl (C=O) groups excluding carboxylic acids is 1. The summed E-state index contributed by atoms with van der Waals surface area (Å²) in [6, 6.07) is 11.7. The maximum atomic E-state index is 12.3. The lowest BCUT2D eigenvalue weighted by Gasteiger charge is -2.21. The van der Waals surface area contributed by atoms with E-state index < -0.39 is 12.0 Å². The van der Waals surface area contributed by atoms with Gasteiger partial charge in [-0.05, 0) is 51.2 Å². The van der Waals surface area contributed by atoms with Crippen LogP contribution in [0.15, 0.2) is 42.5 Å². The highest BCUT2D eigenvalue weighted by Gasteiger charge is 2.20. The Hall–Kier alpha value is -2.57. The fourth-order valence-corrected chi connectivity index (χ4v) is 2.34. The third-order valence-corrected chi connectivity index (χ3v) is 4.11. The van der Waals surface area contributed by atoms with Crippen LogP contribution in [0.3, 0.4) is 0 Å². The smallest absolute Gasteiger partial charge is 0.320 e. The second kappa shape index (κ2) is 8.69. The van der Waals surface area contributed by atoms with Crippen molar-refractivity contribution in [3.8, 4) is 11.5 Å². The van der Waals surface area contributed by atoms with Crippen molar-refractivity contribution in [1.29, 1.82) is 0 Å². The lowest BCUT2D eigenvalue weighted by molar-refractivity contribution is -0.142. The van der Waals surface area contributed by atoms with E-state index in [4.69, 9.17) is 21.4 Å². The number of likely N-dealkylation sites (N-methyl/N-ethyl adjacent to an activating group) is 1. The Balaban J connectivity index is 2.12. The highest BCUT2D eigenvalue weighted by Crippen LogP contribution is 2.32. The molecule has 138 valence electrons.